The molecule has 0 aliphatic carbocycles. The molecule has 3 aromatic rings. The molecule has 1 aromatic heterocycles. The van der Waals surface area contributed by atoms with E-state index in [9.17, 15) is 0 Å². The summed E-state index contributed by atoms with van der Waals surface area (Å²) < 4.78 is 16.2. The van der Waals surface area contributed by atoms with Gasteiger partial charge in [0.25, 0.3) is 0 Å². The highest BCUT2D eigenvalue weighted by atomic mass is 16.7. The molecule has 0 unspecified atom stereocenters. The molecule has 1 aliphatic heterocycles. The van der Waals surface area contributed by atoms with Crippen LogP contribution in [0.15, 0.2) is 53.1 Å². The Morgan fingerprint density at radius 3 is 2.68 bits per heavy atom. The standard InChI is InChI=1S/C22H25N3O3/c1-15(8-9-18-10-11-19-20(12-18)27-14-26-19)23-16(2)22-24-21(28-25-22)13-17-6-4-3-5-7-17/h3-7,10-12,15-16,23H,8-9,13-14H2,1-2H3/t15-,16-/m0/s1. The average molecular weight is 379 g/mol. The van der Waals surface area contributed by atoms with Crippen molar-refractivity contribution in [1.82, 2.24) is 15.5 Å². The van der Waals surface area contributed by atoms with Crippen molar-refractivity contribution in [3.05, 3.63) is 71.4 Å². The SMILES string of the molecule is C[C@H](N[C@@H](C)CCc1ccc2c(c1)OCO2)c1noc(Cc2ccccc2)n1. The van der Waals surface area contributed by atoms with Crippen molar-refractivity contribution in [2.24, 2.45) is 0 Å². The van der Waals surface area contributed by atoms with Crippen LogP contribution in [0, 0.1) is 0 Å². The highest BCUT2D eigenvalue weighted by Gasteiger charge is 2.17. The summed E-state index contributed by atoms with van der Waals surface area (Å²) in [6.45, 7) is 4.55. The molecule has 2 heterocycles. The smallest absolute Gasteiger partial charge is 0.231 e. The third-order valence-electron chi connectivity index (χ3n) is 4.91. The van der Waals surface area contributed by atoms with Crippen molar-refractivity contribution in [2.45, 2.75) is 45.2 Å². The molecule has 2 atom stereocenters. The lowest BCUT2D eigenvalue weighted by Crippen LogP contribution is -2.30. The maximum atomic E-state index is 5.45. The molecule has 0 radical (unpaired) electrons. The van der Waals surface area contributed by atoms with E-state index in [1.165, 1.54) is 5.56 Å². The van der Waals surface area contributed by atoms with Crippen LogP contribution in [0.1, 0.15) is 49.2 Å². The van der Waals surface area contributed by atoms with Gasteiger partial charge in [-0.1, -0.05) is 41.6 Å². The van der Waals surface area contributed by atoms with E-state index in [4.69, 9.17) is 14.0 Å². The maximum Gasteiger partial charge on any atom is 0.231 e. The maximum absolute atomic E-state index is 5.45. The van der Waals surface area contributed by atoms with Gasteiger partial charge in [0.2, 0.25) is 12.7 Å². The van der Waals surface area contributed by atoms with Crippen LogP contribution in [0.2, 0.25) is 0 Å². The molecular weight excluding hydrogens is 354 g/mol. The lowest BCUT2D eigenvalue weighted by atomic mass is 10.0. The number of rotatable bonds is 8. The summed E-state index contributed by atoms with van der Waals surface area (Å²) in [7, 11) is 0. The first kappa shape index (κ1) is 18.5. The molecule has 0 fully saturated rings. The van der Waals surface area contributed by atoms with Gasteiger partial charge in [-0.15, -0.1) is 0 Å². The molecule has 0 bridgehead atoms. The highest BCUT2D eigenvalue weighted by Crippen LogP contribution is 2.32. The van der Waals surface area contributed by atoms with E-state index in [2.05, 4.69) is 53.6 Å². The number of fused-ring (bicyclic) bond motifs is 1. The second-order valence-electron chi connectivity index (χ2n) is 7.22. The second-order valence-corrected chi connectivity index (χ2v) is 7.22. The minimum atomic E-state index is 0.0278. The molecule has 0 spiro atoms. The Balaban J connectivity index is 1.28. The van der Waals surface area contributed by atoms with E-state index >= 15 is 0 Å². The third-order valence-corrected chi connectivity index (χ3v) is 4.91. The van der Waals surface area contributed by atoms with Crippen molar-refractivity contribution in [1.29, 1.82) is 0 Å². The number of aryl methyl sites for hydroxylation is 1. The summed E-state index contributed by atoms with van der Waals surface area (Å²) in [5.74, 6) is 3.00. The minimum Gasteiger partial charge on any atom is -0.454 e. The van der Waals surface area contributed by atoms with Crippen molar-refractivity contribution >= 4 is 0 Å². The fourth-order valence-corrected chi connectivity index (χ4v) is 3.35. The number of ether oxygens (including phenoxy) is 2. The van der Waals surface area contributed by atoms with E-state index in [-0.39, 0.29) is 6.04 Å². The van der Waals surface area contributed by atoms with Gasteiger partial charge in [-0.25, -0.2) is 0 Å². The minimum absolute atomic E-state index is 0.0278. The molecule has 146 valence electrons. The Morgan fingerprint density at radius 2 is 1.82 bits per heavy atom. The summed E-state index contributed by atoms with van der Waals surface area (Å²) in [6, 6.07) is 16.6. The van der Waals surface area contributed by atoms with Gasteiger partial charge >= 0.3 is 0 Å². The number of hydrogen-bond acceptors (Lipinski definition) is 6. The number of aromatic nitrogens is 2. The zero-order chi connectivity index (χ0) is 19.3. The van der Waals surface area contributed by atoms with Crippen molar-refractivity contribution in [3.8, 4) is 11.5 Å². The normalized spacial score (nSPS) is 14.8. The molecule has 0 saturated carbocycles. The van der Waals surface area contributed by atoms with Crippen LogP contribution < -0.4 is 14.8 Å². The van der Waals surface area contributed by atoms with Gasteiger partial charge in [-0.2, -0.15) is 4.98 Å². The van der Waals surface area contributed by atoms with Crippen molar-refractivity contribution in [3.63, 3.8) is 0 Å². The summed E-state index contributed by atoms with van der Waals surface area (Å²) >= 11 is 0. The molecule has 1 N–H and O–H groups in total. The van der Waals surface area contributed by atoms with Crippen LogP contribution in [0.5, 0.6) is 11.5 Å². The number of nitrogens with one attached hydrogen (secondary N) is 1. The predicted molar refractivity (Wildman–Crippen MR) is 105 cm³/mol. The lowest BCUT2D eigenvalue weighted by Gasteiger charge is -2.17. The molecule has 6 heteroatoms. The Kier molecular flexibility index (Phi) is 5.58. The van der Waals surface area contributed by atoms with Gasteiger partial charge in [0.05, 0.1) is 12.5 Å². The topological polar surface area (TPSA) is 69.4 Å². The third kappa shape index (κ3) is 4.51. The lowest BCUT2D eigenvalue weighted by molar-refractivity contribution is 0.174. The quantitative estimate of drug-likeness (QED) is 0.636. The summed E-state index contributed by atoms with van der Waals surface area (Å²) in [5.41, 5.74) is 2.41. The fourth-order valence-electron chi connectivity index (χ4n) is 3.35. The first-order valence-corrected chi connectivity index (χ1v) is 9.68. The van der Waals surface area contributed by atoms with Crippen molar-refractivity contribution < 1.29 is 14.0 Å². The van der Waals surface area contributed by atoms with Gasteiger partial charge in [-0.05, 0) is 49.9 Å². The summed E-state index contributed by atoms with van der Waals surface area (Å²) in [5, 5.41) is 7.70. The Labute approximate surface area is 164 Å². The number of hydrogen-bond donors (Lipinski definition) is 1. The fraction of sp³-hybridized carbons (Fsp3) is 0.364. The van der Waals surface area contributed by atoms with Gasteiger partial charge in [0, 0.05) is 6.04 Å². The predicted octanol–water partition coefficient (Wildman–Crippen LogP) is 4.06. The Bertz CT molecular complexity index is 910. The van der Waals surface area contributed by atoms with E-state index < -0.39 is 0 Å². The van der Waals surface area contributed by atoms with Crippen LogP contribution in [0.25, 0.3) is 0 Å². The van der Waals surface area contributed by atoms with Gasteiger partial charge < -0.3 is 19.3 Å². The Morgan fingerprint density at radius 1 is 1.00 bits per heavy atom. The van der Waals surface area contributed by atoms with E-state index in [0.29, 0.717) is 31.0 Å². The van der Waals surface area contributed by atoms with Gasteiger partial charge in [-0.3, -0.25) is 0 Å². The highest BCUT2D eigenvalue weighted by molar-refractivity contribution is 5.44. The summed E-state index contributed by atoms with van der Waals surface area (Å²) in [4.78, 5) is 4.55. The van der Waals surface area contributed by atoms with Gasteiger partial charge in [0.15, 0.2) is 17.3 Å². The number of benzene rings is 2. The average Bonchev–Trinajstić information content (AvgIpc) is 3.36. The molecule has 4 rings (SSSR count). The van der Waals surface area contributed by atoms with E-state index in [1.807, 2.05) is 24.3 Å². The van der Waals surface area contributed by atoms with E-state index in [1.54, 1.807) is 0 Å². The molecule has 0 amide bonds. The van der Waals surface area contributed by atoms with Gasteiger partial charge in [0.1, 0.15) is 0 Å². The summed E-state index contributed by atoms with van der Waals surface area (Å²) in [6.07, 6.45) is 2.61. The van der Waals surface area contributed by atoms with Crippen LogP contribution in [-0.4, -0.2) is 23.0 Å². The van der Waals surface area contributed by atoms with Crippen LogP contribution in [0.4, 0.5) is 0 Å². The molecule has 2 aromatic carbocycles. The number of nitrogens with zero attached hydrogens (tertiary/aromatic N) is 2. The monoisotopic (exact) mass is 379 g/mol. The van der Waals surface area contributed by atoms with Crippen LogP contribution in [-0.2, 0) is 12.8 Å². The second kappa shape index (κ2) is 8.44. The first-order valence-electron chi connectivity index (χ1n) is 9.68. The zero-order valence-electron chi connectivity index (χ0n) is 16.2. The largest absolute Gasteiger partial charge is 0.454 e. The molecular formula is C22H25N3O3. The van der Waals surface area contributed by atoms with Crippen LogP contribution >= 0.6 is 0 Å². The molecule has 0 saturated heterocycles. The molecule has 28 heavy (non-hydrogen) atoms. The molecule has 6 nitrogen and oxygen atoms in total. The van der Waals surface area contributed by atoms with Crippen molar-refractivity contribution in [2.75, 3.05) is 6.79 Å². The van der Waals surface area contributed by atoms with E-state index in [0.717, 1.165) is 29.9 Å². The zero-order valence-corrected chi connectivity index (χ0v) is 16.2. The Hall–Kier alpha value is -2.86. The molecule has 1 aliphatic rings. The first-order chi connectivity index (χ1) is 13.7. The van der Waals surface area contributed by atoms with Crippen LogP contribution in [0.3, 0.4) is 0 Å².